The maximum absolute atomic E-state index is 12.4. The van der Waals surface area contributed by atoms with Crippen molar-refractivity contribution < 1.29 is 26.4 Å². The molecule has 1 aromatic rings. The minimum Gasteiger partial charge on any atom is -0.495 e. The number of rotatable bonds is 9. The monoisotopic (exact) mass is 408 g/mol. The molecule has 12 heteroatoms. The number of hydrogen-bond acceptors (Lipinski definition) is 7. The van der Waals surface area contributed by atoms with Crippen LogP contribution in [0.3, 0.4) is 0 Å². The molecule has 0 bridgehead atoms. The van der Waals surface area contributed by atoms with Crippen molar-refractivity contribution in [3.63, 3.8) is 0 Å². The molecule has 2 N–H and O–H groups in total. The largest absolute Gasteiger partial charge is 0.495 e. The van der Waals surface area contributed by atoms with Crippen molar-refractivity contribution in [3.8, 4) is 5.75 Å². The lowest BCUT2D eigenvalue weighted by atomic mass is 10.3. The van der Waals surface area contributed by atoms with Crippen LogP contribution in [0.5, 0.6) is 5.75 Å². The van der Waals surface area contributed by atoms with E-state index in [1.807, 2.05) is 0 Å². The normalized spacial score (nSPS) is 12.1. The van der Waals surface area contributed by atoms with Crippen molar-refractivity contribution in [2.45, 2.75) is 11.3 Å². The van der Waals surface area contributed by atoms with E-state index in [-0.39, 0.29) is 35.2 Å². The molecule has 0 fully saturated rings. The fraction of sp³-hybridized carbons (Fsp3) is 0.500. The summed E-state index contributed by atoms with van der Waals surface area (Å²) in [5.41, 5.74) is 2.58. The average Bonchev–Trinajstić information content (AvgIpc) is 2.51. The van der Waals surface area contributed by atoms with Crippen molar-refractivity contribution in [2.24, 2.45) is 0 Å². The van der Waals surface area contributed by atoms with Gasteiger partial charge in [0.05, 0.1) is 23.9 Å². The Labute approximate surface area is 154 Å². The van der Waals surface area contributed by atoms with Crippen molar-refractivity contribution in [2.75, 3.05) is 45.4 Å². The van der Waals surface area contributed by atoms with E-state index in [9.17, 15) is 21.6 Å². The van der Waals surface area contributed by atoms with Gasteiger partial charge in [0.2, 0.25) is 26.0 Å². The third-order valence-corrected chi connectivity index (χ3v) is 5.94. The lowest BCUT2D eigenvalue weighted by Crippen LogP contribution is -2.38. The summed E-state index contributed by atoms with van der Waals surface area (Å²) < 4.78 is 56.6. The van der Waals surface area contributed by atoms with Crippen molar-refractivity contribution >= 4 is 31.6 Å². The zero-order valence-electron chi connectivity index (χ0n) is 15.3. The first-order valence-corrected chi connectivity index (χ1v) is 10.8. The number of hydrogen-bond donors (Lipinski definition) is 2. The number of carbonyl (C=O) groups excluding carboxylic acids is 1. The highest BCUT2D eigenvalue weighted by Gasteiger charge is 2.21. The molecule has 10 nitrogen and oxygen atoms in total. The zero-order chi connectivity index (χ0) is 20.1. The Kier molecular flexibility index (Phi) is 7.38. The summed E-state index contributed by atoms with van der Waals surface area (Å²) in [4.78, 5) is 11.4. The highest BCUT2D eigenvalue weighted by atomic mass is 32.2. The smallest absolute Gasteiger partial charge is 0.240 e. The van der Waals surface area contributed by atoms with Crippen LogP contribution in [0.15, 0.2) is 23.1 Å². The molecule has 1 amide bonds. The van der Waals surface area contributed by atoms with Gasteiger partial charge in [0.15, 0.2) is 0 Å². The number of methoxy groups -OCH3 is 1. The number of hydrazine groups is 1. The average molecular weight is 409 g/mol. The van der Waals surface area contributed by atoms with E-state index in [4.69, 9.17) is 4.74 Å². The number of anilines is 1. The van der Waals surface area contributed by atoms with E-state index in [1.54, 1.807) is 14.1 Å². The first kappa shape index (κ1) is 22.2. The molecule has 1 rings (SSSR count). The summed E-state index contributed by atoms with van der Waals surface area (Å²) in [6.45, 7) is -0.106. The van der Waals surface area contributed by atoms with Gasteiger partial charge in [-0.15, -0.1) is 0 Å². The first-order chi connectivity index (χ1) is 11.9. The molecule has 148 valence electrons. The third-order valence-electron chi connectivity index (χ3n) is 3.29. The predicted octanol–water partition coefficient (Wildman–Crippen LogP) is -0.648. The van der Waals surface area contributed by atoms with Gasteiger partial charge in [-0.05, 0) is 18.2 Å². The van der Waals surface area contributed by atoms with Crippen molar-refractivity contribution in [1.82, 2.24) is 15.2 Å². The molecule has 0 radical (unpaired) electrons. The van der Waals surface area contributed by atoms with E-state index >= 15 is 0 Å². The van der Waals surface area contributed by atoms with Crippen molar-refractivity contribution in [3.05, 3.63) is 18.2 Å². The Balaban J connectivity index is 3.01. The number of nitrogens with one attached hydrogen (secondary N) is 2. The zero-order valence-corrected chi connectivity index (χ0v) is 16.9. The van der Waals surface area contributed by atoms with Crippen LogP contribution in [-0.4, -0.2) is 68.8 Å². The van der Waals surface area contributed by atoms with E-state index < -0.39 is 20.0 Å². The molecule has 0 aliphatic rings. The van der Waals surface area contributed by atoms with Gasteiger partial charge < -0.3 is 4.74 Å². The molecular formula is C14H24N4O6S2. The Bertz CT molecular complexity index is 852. The van der Waals surface area contributed by atoms with Crippen LogP contribution in [-0.2, 0) is 24.8 Å². The molecule has 1 aromatic carbocycles. The second-order valence-electron chi connectivity index (χ2n) is 5.64. The summed E-state index contributed by atoms with van der Waals surface area (Å²) in [6, 6.07) is 3.85. The van der Waals surface area contributed by atoms with Crippen LogP contribution in [0.25, 0.3) is 0 Å². The standard InChI is InChI=1S/C14H24N4O6S2/c1-17(2)16-14(19)8-9-15-26(22,23)11-6-7-13(24-4)12(10-11)18(3)25(5,20)21/h6-7,10,15H,8-9H2,1-5H3,(H,16,19). The minimum atomic E-state index is -3.93. The van der Waals surface area contributed by atoms with E-state index in [1.165, 1.54) is 37.4 Å². The van der Waals surface area contributed by atoms with E-state index in [2.05, 4.69) is 10.1 Å². The number of carbonyl (C=O) groups is 1. The SMILES string of the molecule is COc1ccc(S(=O)(=O)NCCC(=O)NN(C)C)cc1N(C)S(C)(=O)=O. The van der Waals surface area contributed by atoms with Crippen LogP contribution in [0.4, 0.5) is 5.69 Å². The fourth-order valence-electron chi connectivity index (χ4n) is 1.95. The summed E-state index contributed by atoms with van der Waals surface area (Å²) >= 11 is 0. The van der Waals surface area contributed by atoms with Crippen molar-refractivity contribution in [1.29, 1.82) is 0 Å². The molecular weight excluding hydrogens is 384 g/mol. The molecule has 0 unspecified atom stereocenters. The number of benzene rings is 1. The Morgan fingerprint density at radius 2 is 1.77 bits per heavy atom. The Morgan fingerprint density at radius 1 is 1.15 bits per heavy atom. The molecule has 0 atom stereocenters. The van der Waals surface area contributed by atoms with Crippen LogP contribution in [0, 0.1) is 0 Å². The second-order valence-corrected chi connectivity index (χ2v) is 9.42. The second kappa shape index (κ2) is 8.66. The maximum atomic E-state index is 12.4. The number of amides is 1. The van der Waals surface area contributed by atoms with Gasteiger partial charge >= 0.3 is 0 Å². The first-order valence-electron chi connectivity index (χ1n) is 7.47. The molecule has 0 saturated carbocycles. The van der Waals surface area contributed by atoms with Gasteiger partial charge in [0, 0.05) is 34.1 Å². The van der Waals surface area contributed by atoms with E-state index in [0.29, 0.717) is 0 Å². The Hall–Kier alpha value is -1.89. The third kappa shape index (κ3) is 6.12. The molecule has 0 aliphatic carbocycles. The molecule has 0 spiro atoms. The summed E-state index contributed by atoms with van der Waals surface area (Å²) in [5.74, 6) is -0.132. The van der Waals surface area contributed by atoms with Crippen LogP contribution >= 0.6 is 0 Å². The quantitative estimate of drug-likeness (QED) is 0.520. The number of nitrogens with zero attached hydrogens (tertiary/aromatic N) is 2. The van der Waals surface area contributed by atoms with Gasteiger partial charge in [-0.3, -0.25) is 14.5 Å². The van der Waals surface area contributed by atoms with Gasteiger partial charge in [0.1, 0.15) is 5.75 Å². The van der Waals surface area contributed by atoms with Crippen LogP contribution in [0.1, 0.15) is 6.42 Å². The molecule has 0 saturated heterocycles. The summed E-state index contributed by atoms with van der Waals surface area (Å²) in [7, 11) is -1.62. The fourth-order valence-corrected chi connectivity index (χ4v) is 3.50. The summed E-state index contributed by atoms with van der Waals surface area (Å²) in [6.07, 6.45) is 0.943. The molecule has 26 heavy (non-hydrogen) atoms. The minimum absolute atomic E-state index is 0.0519. The van der Waals surface area contributed by atoms with Crippen LogP contribution in [0.2, 0.25) is 0 Å². The lowest BCUT2D eigenvalue weighted by molar-refractivity contribution is -0.124. The van der Waals surface area contributed by atoms with Gasteiger partial charge in [-0.2, -0.15) is 0 Å². The van der Waals surface area contributed by atoms with Gasteiger partial charge in [0.25, 0.3) is 0 Å². The molecule has 0 heterocycles. The summed E-state index contributed by atoms with van der Waals surface area (Å²) in [5, 5.41) is 1.45. The highest BCUT2D eigenvalue weighted by Crippen LogP contribution is 2.31. The number of ether oxygens (including phenoxy) is 1. The predicted molar refractivity (Wildman–Crippen MR) is 97.9 cm³/mol. The van der Waals surface area contributed by atoms with E-state index in [0.717, 1.165) is 10.6 Å². The topological polar surface area (TPSA) is 125 Å². The molecule has 0 aliphatic heterocycles. The van der Waals surface area contributed by atoms with Gasteiger partial charge in [-0.25, -0.2) is 26.6 Å². The number of sulfonamides is 2. The van der Waals surface area contributed by atoms with Crippen LogP contribution < -0.4 is 19.2 Å². The lowest BCUT2D eigenvalue weighted by Gasteiger charge is -2.20. The molecule has 0 aromatic heterocycles. The highest BCUT2D eigenvalue weighted by molar-refractivity contribution is 7.92. The Morgan fingerprint density at radius 3 is 2.27 bits per heavy atom. The van der Waals surface area contributed by atoms with Gasteiger partial charge in [-0.1, -0.05) is 0 Å². The maximum Gasteiger partial charge on any atom is 0.240 e.